The molecule has 7 nitrogen and oxygen atoms in total. The normalized spacial score (nSPS) is 22.1. The van der Waals surface area contributed by atoms with E-state index >= 15 is 0 Å². The van der Waals surface area contributed by atoms with Crippen LogP contribution in [0.15, 0.2) is 47.4 Å². The van der Waals surface area contributed by atoms with Gasteiger partial charge in [0.1, 0.15) is 11.9 Å². The third-order valence-electron chi connectivity index (χ3n) is 4.96. The fraction of sp³-hybridized carbons (Fsp3) is 0.316. The van der Waals surface area contributed by atoms with Crippen LogP contribution in [0, 0.1) is 6.92 Å². The van der Waals surface area contributed by atoms with Crippen molar-refractivity contribution in [3.8, 4) is 5.75 Å². The topological polar surface area (TPSA) is 102 Å². The Labute approximate surface area is 158 Å². The molecule has 0 saturated carbocycles. The first-order chi connectivity index (χ1) is 12.8. The Kier molecular flexibility index (Phi) is 4.22. The van der Waals surface area contributed by atoms with Gasteiger partial charge in [-0.05, 0) is 43.7 Å². The van der Waals surface area contributed by atoms with Crippen LogP contribution in [0.5, 0.6) is 5.75 Å². The maximum Gasteiger partial charge on any atom is 0.264 e. The zero-order chi connectivity index (χ0) is 19.2. The maximum atomic E-state index is 13.3. The second-order valence-electron chi connectivity index (χ2n) is 6.95. The van der Waals surface area contributed by atoms with Crippen molar-refractivity contribution >= 4 is 27.3 Å². The molecule has 8 heteroatoms. The zero-order valence-corrected chi connectivity index (χ0v) is 15.7. The van der Waals surface area contributed by atoms with Crippen LogP contribution in [0.2, 0.25) is 0 Å². The van der Waals surface area contributed by atoms with E-state index in [0.29, 0.717) is 30.0 Å². The molecular weight excluding hydrogens is 366 g/mol. The number of hydrogen-bond acceptors (Lipinski definition) is 5. The van der Waals surface area contributed by atoms with Gasteiger partial charge in [0.2, 0.25) is 5.91 Å². The molecule has 142 valence electrons. The number of fused-ring (bicyclic) bond motifs is 1. The number of nitrogens with zero attached hydrogens (tertiary/aromatic N) is 1. The van der Waals surface area contributed by atoms with Crippen molar-refractivity contribution in [2.75, 3.05) is 16.6 Å². The van der Waals surface area contributed by atoms with Crippen LogP contribution >= 0.6 is 0 Å². The first kappa shape index (κ1) is 17.7. The first-order valence-corrected chi connectivity index (χ1v) is 10.2. The number of aryl methyl sites for hydroxylation is 1. The number of nitrogens with two attached hydrogens (primary N) is 1. The van der Waals surface area contributed by atoms with Gasteiger partial charge < -0.3 is 15.8 Å². The Morgan fingerprint density at radius 1 is 1.19 bits per heavy atom. The fourth-order valence-corrected chi connectivity index (χ4v) is 4.96. The van der Waals surface area contributed by atoms with E-state index in [-0.39, 0.29) is 23.4 Å². The van der Waals surface area contributed by atoms with E-state index in [1.807, 2.05) is 6.92 Å². The third-order valence-corrected chi connectivity index (χ3v) is 6.76. The molecule has 2 aromatic carbocycles. The minimum Gasteiger partial charge on any atom is -0.484 e. The lowest BCUT2D eigenvalue weighted by Crippen LogP contribution is -2.51. The van der Waals surface area contributed by atoms with E-state index in [0.717, 1.165) is 5.56 Å². The number of anilines is 2. The molecule has 0 spiro atoms. The molecular formula is C19H21N3O4S. The second kappa shape index (κ2) is 6.45. The molecule has 2 aliphatic rings. The summed E-state index contributed by atoms with van der Waals surface area (Å²) in [6.45, 7) is 2.01. The minimum atomic E-state index is -3.80. The van der Waals surface area contributed by atoms with Gasteiger partial charge in [0, 0.05) is 12.1 Å². The number of nitrogen functional groups attached to an aromatic ring is 1. The highest BCUT2D eigenvalue weighted by molar-refractivity contribution is 7.92. The van der Waals surface area contributed by atoms with E-state index in [2.05, 4.69) is 5.32 Å². The van der Waals surface area contributed by atoms with Crippen LogP contribution in [-0.2, 0) is 14.8 Å². The summed E-state index contributed by atoms with van der Waals surface area (Å²) in [6, 6.07) is 11.4. The monoisotopic (exact) mass is 387 g/mol. The molecule has 2 aromatic rings. The number of hydrogen-bond donors (Lipinski definition) is 2. The molecule has 27 heavy (non-hydrogen) atoms. The van der Waals surface area contributed by atoms with Crippen molar-refractivity contribution < 1.29 is 17.9 Å². The predicted octanol–water partition coefficient (Wildman–Crippen LogP) is 1.81. The highest BCUT2D eigenvalue weighted by Gasteiger charge is 2.40. The van der Waals surface area contributed by atoms with Gasteiger partial charge in [0.05, 0.1) is 23.2 Å². The van der Waals surface area contributed by atoms with Crippen LogP contribution in [0.3, 0.4) is 0 Å². The van der Waals surface area contributed by atoms with Crippen LogP contribution in [-0.4, -0.2) is 33.0 Å². The van der Waals surface area contributed by atoms with Gasteiger partial charge in [-0.25, -0.2) is 8.42 Å². The summed E-state index contributed by atoms with van der Waals surface area (Å²) < 4.78 is 34.0. The molecule has 2 atom stereocenters. The Morgan fingerprint density at radius 3 is 2.59 bits per heavy atom. The molecule has 0 bridgehead atoms. The minimum absolute atomic E-state index is 0.0420. The largest absolute Gasteiger partial charge is 0.484 e. The fourth-order valence-electron chi connectivity index (χ4n) is 3.48. The van der Waals surface area contributed by atoms with Gasteiger partial charge in [0.15, 0.2) is 0 Å². The van der Waals surface area contributed by atoms with Gasteiger partial charge in [-0.3, -0.25) is 9.10 Å². The average Bonchev–Trinajstić information content (AvgIpc) is 3.07. The van der Waals surface area contributed by atoms with Crippen molar-refractivity contribution in [2.45, 2.75) is 36.8 Å². The maximum absolute atomic E-state index is 13.3. The third kappa shape index (κ3) is 3.21. The van der Waals surface area contributed by atoms with Crippen molar-refractivity contribution in [2.24, 2.45) is 0 Å². The zero-order valence-electron chi connectivity index (χ0n) is 14.9. The number of carbonyl (C=O) groups excluding carboxylic acids is 1. The lowest BCUT2D eigenvalue weighted by atomic mass is 10.1. The predicted molar refractivity (Wildman–Crippen MR) is 102 cm³/mol. The number of carbonyl (C=O) groups is 1. The number of benzene rings is 2. The lowest BCUT2D eigenvalue weighted by Gasteiger charge is -2.37. The van der Waals surface area contributed by atoms with E-state index < -0.39 is 16.1 Å². The summed E-state index contributed by atoms with van der Waals surface area (Å²) in [5.74, 6) is 0.400. The summed E-state index contributed by atoms with van der Waals surface area (Å²) in [7, 11) is -3.80. The number of amides is 1. The van der Waals surface area contributed by atoms with Crippen LogP contribution in [0.1, 0.15) is 18.4 Å². The first-order valence-electron chi connectivity index (χ1n) is 8.79. The number of ether oxygens (including phenoxy) is 1. The molecule has 3 N–H and O–H groups in total. The average molecular weight is 387 g/mol. The van der Waals surface area contributed by atoms with Crippen LogP contribution in [0.4, 0.5) is 11.4 Å². The van der Waals surface area contributed by atoms with Crippen molar-refractivity contribution in [3.63, 3.8) is 0 Å². The molecule has 2 unspecified atom stereocenters. The molecule has 1 saturated heterocycles. The van der Waals surface area contributed by atoms with Gasteiger partial charge in [-0.1, -0.05) is 17.7 Å². The van der Waals surface area contributed by atoms with Crippen LogP contribution < -0.4 is 20.1 Å². The van der Waals surface area contributed by atoms with Gasteiger partial charge in [-0.15, -0.1) is 0 Å². The summed E-state index contributed by atoms with van der Waals surface area (Å²) >= 11 is 0. The van der Waals surface area contributed by atoms with Gasteiger partial charge >= 0.3 is 0 Å². The number of rotatable bonds is 3. The lowest BCUT2D eigenvalue weighted by molar-refractivity contribution is -0.119. The van der Waals surface area contributed by atoms with E-state index in [1.165, 1.54) is 4.31 Å². The number of sulfonamides is 1. The number of nitrogens with one attached hydrogen (secondary N) is 1. The summed E-state index contributed by atoms with van der Waals surface area (Å²) in [4.78, 5) is 11.8. The van der Waals surface area contributed by atoms with Crippen molar-refractivity contribution in [1.82, 2.24) is 5.32 Å². The Morgan fingerprint density at radius 2 is 1.93 bits per heavy atom. The summed E-state index contributed by atoms with van der Waals surface area (Å²) in [5, 5.41) is 2.87. The summed E-state index contributed by atoms with van der Waals surface area (Å²) in [6.07, 6.45) is 0.573. The molecule has 2 aliphatic heterocycles. The SMILES string of the molecule is Cc1ccc(S(=O)(=O)N2CC(C3CCC(=O)N3)Oc3ccc(N)cc32)cc1. The van der Waals surface area contributed by atoms with E-state index in [1.54, 1.807) is 42.5 Å². The standard InChI is InChI=1S/C19H21N3O4S/c1-12-2-5-14(6-3-12)27(24,25)22-11-18(15-7-9-19(23)21-15)26-17-8-4-13(20)10-16(17)22/h2-6,8,10,15,18H,7,9,11,20H2,1H3,(H,21,23). The van der Waals surface area contributed by atoms with Crippen molar-refractivity contribution in [3.05, 3.63) is 48.0 Å². The van der Waals surface area contributed by atoms with Gasteiger partial charge in [0.25, 0.3) is 10.0 Å². The smallest absolute Gasteiger partial charge is 0.264 e. The summed E-state index contributed by atoms with van der Waals surface area (Å²) in [5.41, 5.74) is 7.73. The Bertz CT molecular complexity index is 989. The van der Waals surface area contributed by atoms with E-state index in [9.17, 15) is 13.2 Å². The second-order valence-corrected chi connectivity index (χ2v) is 8.81. The molecule has 2 heterocycles. The van der Waals surface area contributed by atoms with E-state index in [4.69, 9.17) is 10.5 Å². The van der Waals surface area contributed by atoms with Gasteiger partial charge in [-0.2, -0.15) is 0 Å². The Hall–Kier alpha value is -2.74. The molecule has 0 aliphatic carbocycles. The molecule has 0 aromatic heterocycles. The highest BCUT2D eigenvalue weighted by atomic mass is 32.2. The quantitative estimate of drug-likeness (QED) is 0.782. The Balaban J connectivity index is 1.76. The molecule has 0 radical (unpaired) electrons. The van der Waals surface area contributed by atoms with Crippen molar-refractivity contribution in [1.29, 1.82) is 0 Å². The highest BCUT2D eigenvalue weighted by Crippen LogP contribution is 2.39. The molecule has 1 amide bonds. The molecule has 1 fully saturated rings. The molecule has 4 rings (SSSR count). The van der Waals surface area contributed by atoms with Crippen LogP contribution in [0.25, 0.3) is 0 Å².